The number of aliphatic hydroxyl groups is 2. The van der Waals surface area contributed by atoms with E-state index < -0.39 is 91.5 Å². The molecule has 0 aliphatic carbocycles. The second kappa shape index (κ2) is 63.8. The average Bonchev–Trinajstić information content (AvgIpc) is 3.64. The summed E-state index contributed by atoms with van der Waals surface area (Å²) in [6.07, 6.45) is 73.7. The molecule has 0 aromatic carbocycles. The van der Waals surface area contributed by atoms with Crippen molar-refractivity contribution in [1.82, 2.24) is 0 Å². The molecule has 0 aromatic rings. The van der Waals surface area contributed by atoms with Gasteiger partial charge in [0.25, 0.3) is 0 Å². The molecule has 508 valence electrons. The number of ether oxygens (including phenoxy) is 3. The fourth-order valence-corrected chi connectivity index (χ4v) is 9.83. The third kappa shape index (κ3) is 65.0. The highest BCUT2D eigenvalue weighted by Crippen LogP contribution is 2.45. The number of esters is 3. The molecular weight excluding hydrogens is 1170 g/mol. The largest absolute Gasteiger partial charge is 0.472 e. The zero-order valence-corrected chi connectivity index (χ0v) is 56.6. The highest BCUT2D eigenvalue weighted by atomic mass is 31.2. The first kappa shape index (κ1) is 84.7. The maximum absolute atomic E-state index is 12.9. The first-order valence-electron chi connectivity index (χ1n) is 33.5. The van der Waals surface area contributed by atoms with E-state index in [1.54, 1.807) is 0 Å². The van der Waals surface area contributed by atoms with Crippen LogP contribution in [0.1, 0.15) is 239 Å². The number of hydrogen-bond donors (Lipinski definition) is 4. The van der Waals surface area contributed by atoms with Crippen molar-refractivity contribution in [1.29, 1.82) is 0 Å². The molecule has 0 radical (unpaired) electrons. The van der Waals surface area contributed by atoms with Gasteiger partial charge in [0.2, 0.25) is 0 Å². The van der Waals surface area contributed by atoms with E-state index in [2.05, 4.69) is 154 Å². The molecule has 4 N–H and O–H groups in total. The average molecular weight is 1290 g/mol. The summed E-state index contributed by atoms with van der Waals surface area (Å²) in [4.78, 5) is 58.3. The lowest BCUT2D eigenvalue weighted by Crippen LogP contribution is -2.30. The van der Waals surface area contributed by atoms with Gasteiger partial charge in [-0.05, 0) is 128 Å². The molecule has 0 saturated carbocycles. The minimum atomic E-state index is -4.93. The highest BCUT2D eigenvalue weighted by molar-refractivity contribution is 7.47. The Bertz CT molecular complexity index is 2160. The molecule has 16 nitrogen and oxygen atoms in total. The smallest absolute Gasteiger partial charge is 0.463 e. The lowest BCUT2D eigenvalue weighted by molar-refractivity contribution is -0.161. The summed E-state index contributed by atoms with van der Waals surface area (Å²) in [6.45, 7) is 2.31. The van der Waals surface area contributed by atoms with Crippen LogP contribution in [-0.2, 0) is 55.8 Å². The van der Waals surface area contributed by atoms with Crippen LogP contribution in [0.15, 0.2) is 134 Å². The Morgan fingerprint density at radius 2 is 0.596 bits per heavy atom. The van der Waals surface area contributed by atoms with Crippen molar-refractivity contribution >= 4 is 33.6 Å². The zero-order valence-electron chi connectivity index (χ0n) is 54.8. The van der Waals surface area contributed by atoms with Crippen LogP contribution in [0, 0.1) is 0 Å². The number of rotatable bonds is 62. The summed E-state index contributed by atoms with van der Waals surface area (Å²) in [5.74, 6) is -1.63. The van der Waals surface area contributed by atoms with Crippen molar-refractivity contribution < 1.29 is 75.8 Å². The first-order valence-corrected chi connectivity index (χ1v) is 36.5. The molecule has 0 fully saturated rings. The highest BCUT2D eigenvalue weighted by Gasteiger charge is 2.29. The molecule has 18 heteroatoms. The number of unbranched alkanes of at least 4 members (excludes halogenated alkanes) is 17. The molecule has 0 spiro atoms. The second-order valence-electron chi connectivity index (χ2n) is 21.9. The summed E-state index contributed by atoms with van der Waals surface area (Å²) in [5.41, 5.74) is 0. The topological polar surface area (TPSA) is 231 Å². The van der Waals surface area contributed by atoms with Crippen molar-refractivity contribution in [2.24, 2.45) is 0 Å². The molecule has 0 aliphatic heterocycles. The van der Waals surface area contributed by atoms with Crippen LogP contribution in [0.25, 0.3) is 0 Å². The van der Waals surface area contributed by atoms with E-state index >= 15 is 0 Å². The summed E-state index contributed by atoms with van der Waals surface area (Å²) in [5, 5.41) is 20.5. The van der Waals surface area contributed by atoms with Gasteiger partial charge in [0.05, 0.1) is 26.4 Å². The van der Waals surface area contributed by atoms with Gasteiger partial charge in [-0.2, -0.15) is 0 Å². The summed E-state index contributed by atoms with van der Waals surface area (Å²) in [7, 11) is -9.79. The number of hydrogen-bond acceptors (Lipinski definition) is 14. The third-order valence-corrected chi connectivity index (χ3v) is 15.2. The van der Waals surface area contributed by atoms with Gasteiger partial charge in [0.1, 0.15) is 25.4 Å². The molecule has 0 heterocycles. The number of aliphatic hydroxyl groups excluding tert-OH is 2. The van der Waals surface area contributed by atoms with Gasteiger partial charge in [-0.25, -0.2) is 9.13 Å². The van der Waals surface area contributed by atoms with Gasteiger partial charge >= 0.3 is 33.6 Å². The molecule has 5 atom stereocenters. The summed E-state index contributed by atoms with van der Waals surface area (Å²) in [6, 6.07) is 0. The fourth-order valence-electron chi connectivity index (χ4n) is 8.25. The fraction of sp³-hybridized carbons (Fsp3) is 0.648. The lowest BCUT2D eigenvalue weighted by Gasteiger charge is -2.21. The zero-order chi connectivity index (χ0) is 65.3. The Balaban J connectivity index is 4.64. The minimum Gasteiger partial charge on any atom is -0.463 e. The second-order valence-corrected chi connectivity index (χ2v) is 24.8. The Morgan fingerprint density at radius 1 is 0.326 bits per heavy atom. The Labute approximate surface area is 537 Å². The third-order valence-electron chi connectivity index (χ3n) is 13.3. The lowest BCUT2D eigenvalue weighted by atomic mass is 10.1. The van der Waals surface area contributed by atoms with Crippen LogP contribution in [-0.4, -0.2) is 95.9 Å². The van der Waals surface area contributed by atoms with Crippen molar-refractivity contribution in [2.75, 3.05) is 39.6 Å². The first-order chi connectivity index (χ1) is 43.2. The van der Waals surface area contributed by atoms with Crippen molar-refractivity contribution in [2.45, 2.75) is 257 Å². The molecule has 89 heavy (non-hydrogen) atoms. The van der Waals surface area contributed by atoms with E-state index in [0.29, 0.717) is 19.3 Å². The van der Waals surface area contributed by atoms with E-state index in [1.165, 1.54) is 12.8 Å². The Hall–Kier alpha value is -4.31. The standard InChI is InChI=1S/C71H118O16P2/c1-4-7-10-13-16-19-22-24-26-28-30-32-34-36-38-40-43-45-48-51-54-57-69(74)81-60-66(72)61-83-88(77,78)84-62-67(73)63-85-89(79,80)86-65-68(87-71(76)59-56-53-50-47-42-21-18-15-12-9-6-3)64-82-70(75)58-55-52-49-46-44-41-39-37-35-33-31-29-27-25-23-20-17-14-11-8-5-2/h7-8,10-11,15-20,24-27,30-33,36-39,66-68,72-73H,4-6,9,12-14,21-23,28-29,34-35,40-65H2,1-3H3,(H,77,78)(H,79,80)/b10-7-,11-8-,18-15-,19-16-,20-17-,26-24-,27-25-,32-30-,33-31-,38-36-,39-37-. The van der Waals surface area contributed by atoms with Gasteiger partial charge in [-0.15, -0.1) is 0 Å². The molecular formula is C71H118O16P2. The Kier molecular flexibility index (Phi) is 60.7. The SMILES string of the molecule is CC/C=C\C/C=C\C/C=C\C/C=C\C/C=C\CCCCCCCC(=O)OCC(O)COP(=O)(O)OCC(O)COP(=O)(O)OCC(COC(=O)CCCCCCC/C=C\C/C=C\C/C=C\C/C=C\C/C=C\CC)OC(=O)CCCCCCC/C=C\CCCC. The van der Waals surface area contributed by atoms with Gasteiger partial charge in [-0.1, -0.05) is 225 Å². The molecule has 0 bridgehead atoms. The molecule has 0 aliphatic rings. The van der Waals surface area contributed by atoms with Gasteiger partial charge in [-0.3, -0.25) is 32.5 Å². The van der Waals surface area contributed by atoms with Gasteiger partial charge in [0.15, 0.2) is 6.10 Å². The van der Waals surface area contributed by atoms with E-state index in [4.69, 9.17) is 32.3 Å². The van der Waals surface area contributed by atoms with Crippen molar-refractivity contribution in [3.63, 3.8) is 0 Å². The Morgan fingerprint density at radius 3 is 0.955 bits per heavy atom. The normalized spacial score (nSPS) is 15.1. The number of phosphoric acid groups is 2. The van der Waals surface area contributed by atoms with Crippen LogP contribution < -0.4 is 0 Å². The van der Waals surface area contributed by atoms with E-state index in [-0.39, 0.29) is 19.3 Å². The number of allylic oxidation sites excluding steroid dienone is 22. The van der Waals surface area contributed by atoms with E-state index in [1.807, 2.05) is 0 Å². The number of phosphoric ester groups is 2. The predicted molar refractivity (Wildman–Crippen MR) is 362 cm³/mol. The molecule has 0 saturated heterocycles. The number of carbonyl (C=O) groups excluding carboxylic acids is 3. The van der Waals surface area contributed by atoms with Gasteiger partial charge in [0, 0.05) is 19.3 Å². The maximum Gasteiger partial charge on any atom is 0.472 e. The molecule has 0 aromatic heterocycles. The van der Waals surface area contributed by atoms with Crippen LogP contribution >= 0.6 is 15.6 Å². The van der Waals surface area contributed by atoms with Crippen molar-refractivity contribution in [3.05, 3.63) is 134 Å². The van der Waals surface area contributed by atoms with E-state index in [0.717, 1.165) is 167 Å². The van der Waals surface area contributed by atoms with Crippen LogP contribution in [0.3, 0.4) is 0 Å². The minimum absolute atomic E-state index is 0.0851. The molecule has 5 unspecified atom stereocenters. The monoisotopic (exact) mass is 1290 g/mol. The van der Waals surface area contributed by atoms with Crippen molar-refractivity contribution in [3.8, 4) is 0 Å². The quantitative estimate of drug-likeness (QED) is 0.0146. The van der Waals surface area contributed by atoms with E-state index in [9.17, 15) is 43.5 Å². The molecule has 0 rings (SSSR count). The summed E-state index contributed by atoms with van der Waals surface area (Å²) >= 11 is 0. The van der Waals surface area contributed by atoms with Crippen LogP contribution in [0.2, 0.25) is 0 Å². The maximum atomic E-state index is 12.9. The molecule has 0 amide bonds. The summed E-state index contributed by atoms with van der Waals surface area (Å²) < 4.78 is 60.8. The van der Waals surface area contributed by atoms with Crippen LogP contribution in [0.4, 0.5) is 0 Å². The predicted octanol–water partition coefficient (Wildman–Crippen LogP) is 18.4. The number of carbonyl (C=O) groups is 3. The van der Waals surface area contributed by atoms with Gasteiger partial charge < -0.3 is 34.2 Å². The van der Waals surface area contributed by atoms with Crippen LogP contribution in [0.5, 0.6) is 0 Å².